The molecule has 0 aliphatic carbocycles. The molecule has 3 heteroatoms. The molecule has 0 aliphatic rings. The maximum atomic E-state index is 11.1. The van der Waals surface area contributed by atoms with Gasteiger partial charge in [0.05, 0.1) is 0 Å². The molecule has 0 unspecified atom stereocenters. The van der Waals surface area contributed by atoms with Crippen molar-refractivity contribution < 1.29 is 9.22 Å². The molecule has 0 fully saturated rings. The summed E-state index contributed by atoms with van der Waals surface area (Å²) in [5.74, 6) is 0. The number of rotatable bonds is 3. The highest BCUT2D eigenvalue weighted by molar-refractivity contribution is 6.74. The van der Waals surface area contributed by atoms with E-state index >= 15 is 0 Å². The van der Waals surface area contributed by atoms with Crippen LogP contribution >= 0.6 is 0 Å². The summed E-state index contributed by atoms with van der Waals surface area (Å²) >= 11 is 0. The number of carbonyl (C=O) groups excluding carboxylic acids is 1. The lowest BCUT2D eigenvalue weighted by atomic mass is 9.90. The number of carbonyl (C=O) groups is 1. The van der Waals surface area contributed by atoms with Gasteiger partial charge in [-0.3, -0.25) is 0 Å². The zero-order valence-electron chi connectivity index (χ0n) is 11.5. The average molecular weight is 230 g/mol. The Balaban J connectivity index is 4.78. The van der Waals surface area contributed by atoms with E-state index in [9.17, 15) is 4.79 Å². The third-order valence-electron chi connectivity index (χ3n) is 3.20. The molecule has 0 spiro atoms. The van der Waals surface area contributed by atoms with Crippen LogP contribution in [0.25, 0.3) is 0 Å². The summed E-state index contributed by atoms with van der Waals surface area (Å²) in [6.07, 6.45) is 0.652. The van der Waals surface area contributed by atoms with Crippen LogP contribution < -0.4 is 0 Å². The Bertz CT molecular complexity index is 221. The van der Waals surface area contributed by atoms with Crippen molar-refractivity contribution in [3.05, 3.63) is 0 Å². The summed E-state index contributed by atoms with van der Waals surface area (Å²) in [6.45, 7) is 17.0. The minimum absolute atomic E-state index is 0.114. The molecule has 0 saturated carbocycles. The Morgan fingerprint density at radius 3 is 1.67 bits per heavy atom. The molecule has 0 N–H and O–H groups in total. The molecular formula is C12H26O2Si. The first-order valence-electron chi connectivity index (χ1n) is 5.55. The predicted molar refractivity (Wildman–Crippen MR) is 67.6 cm³/mol. The summed E-state index contributed by atoms with van der Waals surface area (Å²) < 4.78 is 6.09. The fourth-order valence-electron chi connectivity index (χ4n) is 0.903. The van der Waals surface area contributed by atoms with Gasteiger partial charge in [0.2, 0.25) is 0 Å². The second-order valence-corrected chi connectivity index (χ2v) is 11.6. The van der Waals surface area contributed by atoms with Crippen molar-refractivity contribution in [3.63, 3.8) is 0 Å². The third kappa shape index (κ3) is 4.07. The molecule has 0 rings (SSSR count). The Morgan fingerprint density at radius 1 is 1.07 bits per heavy atom. The maximum Gasteiger partial charge on any atom is 0.193 e. The van der Waals surface area contributed by atoms with Gasteiger partial charge < -0.3 is 9.22 Å². The first kappa shape index (κ1) is 14.8. The van der Waals surface area contributed by atoms with E-state index in [0.717, 1.165) is 6.29 Å². The second-order valence-electron chi connectivity index (χ2n) is 6.80. The minimum Gasteiger partial charge on any atom is -0.407 e. The number of hydrogen-bond acceptors (Lipinski definition) is 2. The number of aldehydes is 1. The zero-order chi connectivity index (χ0) is 12.5. The van der Waals surface area contributed by atoms with Gasteiger partial charge in [0.25, 0.3) is 0 Å². The van der Waals surface area contributed by atoms with Gasteiger partial charge in [0, 0.05) is 0 Å². The SMILES string of the molecule is CC(C)(C)[C@H](C=O)O[Si](C)(C)C(C)(C)C. The molecule has 0 bridgehead atoms. The highest BCUT2D eigenvalue weighted by Crippen LogP contribution is 2.39. The van der Waals surface area contributed by atoms with Crippen LogP contribution in [0.5, 0.6) is 0 Å². The van der Waals surface area contributed by atoms with Crippen molar-refractivity contribution in [3.8, 4) is 0 Å². The minimum atomic E-state index is -1.83. The quantitative estimate of drug-likeness (QED) is 0.547. The van der Waals surface area contributed by atoms with Crippen LogP contribution in [-0.2, 0) is 9.22 Å². The van der Waals surface area contributed by atoms with Gasteiger partial charge in [-0.2, -0.15) is 0 Å². The van der Waals surface area contributed by atoms with Gasteiger partial charge in [0.15, 0.2) is 8.32 Å². The van der Waals surface area contributed by atoms with Crippen LogP contribution in [0.4, 0.5) is 0 Å². The molecule has 0 aromatic rings. The van der Waals surface area contributed by atoms with Gasteiger partial charge in [-0.25, -0.2) is 0 Å². The molecule has 2 nitrogen and oxygen atoms in total. The van der Waals surface area contributed by atoms with Crippen molar-refractivity contribution in [2.45, 2.75) is 65.8 Å². The van der Waals surface area contributed by atoms with Crippen LogP contribution in [0, 0.1) is 5.41 Å². The third-order valence-corrected chi connectivity index (χ3v) is 7.66. The molecule has 0 amide bonds. The maximum absolute atomic E-state index is 11.1. The number of hydrogen-bond donors (Lipinski definition) is 0. The van der Waals surface area contributed by atoms with E-state index in [2.05, 4.69) is 33.9 Å². The predicted octanol–water partition coefficient (Wildman–Crippen LogP) is 3.62. The van der Waals surface area contributed by atoms with Gasteiger partial charge in [-0.05, 0) is 23.5 Å². The molecular weight excluding hydrogens is 204 g/mol. The summed E-state index contributed by atoms with van der Waals surface area (Å²) in [4.78, 5) is 11.1. The summed E-state index contributed by atoms with van der Waals surface area (Å²) in [7, 11) is -1.83. The van der Waals surface area contributed by atoms with Gasteiger partial charge >= 0.3 is 0 Å². The van der Waals surface area contributed by atoms with Crippen molar-refractivity contribution in [1.82, 2.24) is 0 Å². The van der Waals surface area contributed by atoms with Crippen LogP contribution in [-0.4, -0.2) is 20.7 Å². The Morgan fingerprint density at radius 2 is 1.47 bits per heavy atom. The van der Waals surface area contributed by atoms with Crippen LogP contribution in [0.15, 0.2) is 0 Å². The lowest BCUT2D eigenvalue weighted by molar-refractivity contribution is -0.118. The Kier molecular flexibility index (Phi) is 4.33. The van der Waals surface area contributed by atoms with Crippen molar-refractivity contribution in [1.29, 1.82) is 0 Å². The largest absolute Gasteiger partial charge is 0.407 e. The lowest BCUT2D eigenvalue weighted by Gasteiger charge is -2.41. The molecule has 0 saturated heterocycles. The monoisotopic (exact) mass is 230 g/mol. The highest BCUT2D eigenvalue weighted by atomic mass is 28.4. The Hall–Kier alpha value is -0.153. The average Bonchev–Trinajstić information content (AvgIpc) is 1.95. The fourth-order valence-corrected chi connectivity index (χ4v) is 2.30. The molecule has 0 heterocycles. The standard InChI is InChI=1S/C12H26O2Si/c1-11(2,3)10(9-13)14-15(7,8)12(4,5)6/h9-10H,1-8H3/t10-/m0/s1. The molecule has 90 valence electrons. The molecule has 1 atom stereocenters. The van der Waals surface area contributed by atoms with E-state index in [0.29, 0.717) is 0 Å². The van der Waals surface area contributed by atoms with Crippen LogP contribution in [0.1, 0.15) is 41.5 Å². The van der Waals surface area contributed by atoms with Crippen molar-refractivity contribution in [2.24, 2.45) is 5.41 Å². The van der Waals surface area contributed by atoms with E-state index in [1.165, 1.54) is 0 Å². The smallest absolute Gasteiger partial charge is 0.193 e. The van der Waals surface area contributed by atoms with E-state index in [1.54, 1.807) is 0 Å². The van der Waals surface area contributed by atoms with Crippen LogP contribution in [0.2, 0.25) is 18.1 Å². The second kappa shape index (κ2) is 4.38. The normalized spacial score (nSPS) is 16.3. The molecule has 0 aliphatic heterocycles. The van der Waals surface area contributed by atoms with Crippen molar-refractivity contribution in [2.75, 3.05) is 0 Å². The molecule has 0 radical (unpaired) electrons. The van der Waals surface area contributed by atoms with E-state index in [1.807, 2.05) is 20.8 Å². The first-order chi connectivity index (χ1) is 6.42. The van der Waals surface area contributed by atoms with Crippen LogP contribution in [0.3, 0.4) is 0 Å². The van der Waals surface area contributed by atoms with Gasteiger partial charge in [-0.1, -0.05) is 41.5 Å². The van der Waals surface area contributed by atoms with Gasteiger partial charge in [-0.15, -0.1) is 0 Å². The first-order valence-corrected chi connectivity index (χ1v) is 8.46. The summed E-state index contributed by atoms with van der Waals surface area (Å²) in [6, 6.07) is 0. The highest BCUT2D eigenvalue weighted by Gasteiger charge is 2.41. The Labute approximate surface area is 95.5 Å². The lowest BCUT2D eigenvalue weighted by Crippen LogP contribution is -2.47. The topological polar surface area (TPSA) is 26.3 Å². The molecule has 0 aromatic carbocycles. The zero-order valence-corrected chi connectivity index (χ0v) is 12.5. The van der Waals surface area contributed by atoms with E-state index in [-0.39, 0.29) is 16.6 Å². The summed E-state index contributed by atoms with van der Waals surface area (Å²) in [5.41, 5.74) is -0.114. The van der Waals surface area contributed by atoms with E-state index in [4.69, 9.17) is 4.43 Å². The molecule has 15 heavy (non-hydrogen) atoms. The summed E-state index contributed by atoms with van der Waals surface area (Å²) in [5, 5.41) is 0.152. The molecule has 0 aromatic heterocycles. The van der Waals surface area contributed by atoms with Crippen molar-refractivity contribution >= 4 is 14.6 Å². The van der Waals surface area contributed by atoms with Gasteiger partial charge in [0.1, 0.15) is 12.4 Å². The fraction of sp³-hybridized carbons (Fsp3) is 0.917. The van der Waals surface area contributed by atoms with E-state index < -0.39 is 8.32 Å².